The van der Waals surface area contributed by atoms with Gasteiger partial charge in [0.15, 0.2) is 0 Å². The molecule has 1 aliphatic rings. The van der Waals surface area contributed by atoms with Gasteiger partial charge in [-0.2, -0.15) is 0 Å². The molecule has 3 N–H and O–H groups in total. The molecule has 0 radical (unpaired) electrons. The van der Waals surface area contributed by atoms with Gasteiger partial charge in [0.05, 0.1) is 6.42 Å². The molecule has 1 fully saturated rings. The standard InChI is InChI=1S/C14H16N2O4/c1-15-12(19)14(6-7-14)13(20)16-10-4-2-9(3-5-10)8-11(17)18/h2-5H,6-8H2,1H3,(H,15,19)(H,16,20)(H,17,18). The summed E-state index contributed by atoms with van der Waals surface area (Å²) in [6.45, 7) is 0. The summed E-state index contributed by atoms with van der Waals surface area (Å²) in [5.41, 5.74) is 0.274. The summed E-state index contributed by atoms with van der Waals surface area (Å²) in [6.07, 6.45) is 1.04. The van der Waals surface area contributed by atoms with Gasteiger partial charge in [-0.1, -0.05) is 12.1 Å². The van der Waals surface area contributed by atoms with E-state index in [1.165, 1.54) is 7.05 Å². The Morgan fingerprint density at radius 2 is 1.75 bits per heavy atom. The molecule has 0 aliphatic heterocycles. The lowest BCUT2D eigenvalue weighted by Gasteiger charge is -2.13. The Balaban J connectivity index is 2.02. The molecule has 0 heterocycles. The second-order valence-electron chi connectivity index (χ2n) is 4.88. The van der Waals surface area contributed by atoms with Crippen molar-refractivity contribution in [2.75, 3.05) is 12.4 Å². The molecular weight excluding hydrogens is 260 g/mol. The highest BCUT2D eigenvalue weighted by atomic mass is 16.4. The number of carboxylic acids is 1. The van der Waals surface area contributed by atoms with Crippen LogP contribution in [0.2, 0.25) is 0 Å². The van der Waals surface area contributed by atoms with E-state index in [0.717, 1.165) is 0 Å². The molecular formula is C14H16N2O4. The van der Waals surface area contributed by atoms with Crippen molar-refractivity contribution >= 4 is 23.5 Å². The maximum Gasteiger partial charge on any atom is 0.307 e. The Bertz CT molecular complexity index is 547. The quantitative estimate of drug-likeness (QED) is 0.692. The number of amides is 2. The van der Waals surface area contributed by atoms with Gasteiger partial charge in [0.25, 0.3) is 0 Å². The molecule has 1 aromatic rings. The average Bonchev–Trinajstić information content (AvgIpc) is 3.21. The number of hydrogen-bond acceptors (Lipinski definition) is 3. The highest BCUT2D eigenvalue weighted by Crippen LogP contribution is 2.46. The summed E-state index contributed by atoms with van der Waals surface area (Å²) in [5.74, 6) is -1.49. The van der Waals surface area contributed by atoms with E-state index in [-0.39, 0.29) is 18.2 Å². The topological polar surface area (TPSA) is 95.5 Å². The number of aliphatic carboxylic acids is 1. The van der Waals surface area contributed by atoms with Gasteiger partial charge in [0, 0.05) is 12.7 Å². The fourth-order valence-electron chi connectivity index (χ4n) is 2.05. The summed E-state index contributed by atoms with van der Waals surface area (Å²) >= 11 is 0. The third-order valence-electron chi connectivity index (χ3n) is 3.41. The van der Waals surface area contributed by atoms with Crippen LogP contribution in [0.25, 0.3) is 0 Å². The molecule has 106 valence electrons. The average molecular weight is 276 g/mol. The van der Waals surface area contributed by atoms with Crippen LogP contribution in [0, 0.1) is 5.41 Å². The smallest absolute Gasteiger partial charge is 0.307 e. The molecule has 2 amide bonds. The molecule has 0 aromatic heterocycles. The lowest BCUT2D eigenvalue weighted by Crippen LogP contribution is -2.38. The van der Waals surface area contributed by atoms with Gasteiger partial charge >= 0.3 is 5.97 Å². The first kappa shape index (κ1) is 14.0. The SMILES string of the molecule is CNC(=O)C1(C(=O)Nc2ccc(CC(=O)O)cc2)CC1. The van der Waals surface area contributed by atoms with Crippen molar-refractivity contribution in [3.8, 4) is 0 Å². The molecule has 0 bridgehead atoms. The summed E-state index contributed by atoms with van der Waals surface area (Å²) in [6, 6.07) is 6.55. The van der Waals surface area contributed by atoms with Crippen LogP contribution in [-0.2, 0) is 20.8 Å². The molecule has 6 heteroatoms. The van der Waals surface area contributed by atoms with Crippen LogP contribution in [0.1, 0.15) is 18.4 Å². The lowest BCUT2D eigenvalue weighted by atomic mass is 10.0. The predicted molar refractivity (Wildman–Crippen MR) is 72.1 cm³/mol. The number of anilines is 1. The molecule has 2 rings (SSSR count). The predicted octanol–water partition coefficient (Wildman–Crippen LogP) is 0.778. The monoisotopic (exact) mass is 276 g/mol. The van der Waals surface area contributed by atoms with E-state index >= 15 is 0 Å². The number of rotatable bonds is 5. The maximum atomic E-state index is 12.1. The van der Waals surface area contributed by atoms with E-state index in [0.29, 0.717) is 24.1 Å². The van der Waals surface area contributed by atoms with Crippen molar-refractivity contribution in [3.63, 3.8) is 0 Å². The highest BCUT2D eigenvalue weighted by molar-refractivity contribution is 6.12. The number of carboxylic acid groups (broad SMARTS) is 1. The lowest BCUT2D eigenvalue weighted by molar-refractivity contribution is -0.136. The van der Waals surface area contributed by atoms with Gasteiger partial charge in [-0.15, -0.1) is 0 Å². The third-order valence-corrected chi connectivity index (χ3v) is 3.41. The minimum Gasteiger partial charge on any atom is -0.481 e. The van der Waals surface area contributed by atoms with Crippen LogP contribution < -0.4 is 10.6 Å². The Hall–Kier alpha value is -2.37. The van der Waals surface area contributed by atoms with Gasteiger partial charge in [-0.25, -0.2) is 0 Å². The van der Waals surface area contributed by atoms with E-state index < -0.39 is 11.4 Å². The Morgan fingerprint density at radius 3 is 2.20 bits per heavy atom. The van der Waals surface area contributed by atoms with Crippen LogP contribution in [-0.4, -0.2) is 29.9 Å². The first-order valence-electron chi connectivity index (χ1n) is 6.32. The van der Waals surface area contributed by atoms with Crippen molar-refractivity contribution in [1.29, 1.82) is 0 Å². The van der Waals surface area contributed by atoms with Crippen LogP contribution in [0.3, 0.4) is 0 Å². The van der Waals surface area contributed by atoms with E-state index in [1.54, 1.807) is 24.3 Å². The van der Waals surface area contributed by atoms with Crippen LogP contribution >= 0.6 is 0 Å². The first-order valence-corrected chi connectivity index (χ1v) is 6.32. The van der Waals surface area contributed by atoms with Gasteiger partial charge < -0.3 is 15.7 Å². The molecule has 0 spiro atoms. The van der Waals surface area contributed by atoms with Crippen molar-refractivity contribution in [1.82, 2.24) is 5.32 Å². The van der Waals surface area contributed by atoms with E-state index in [2.05, 4.69) is 10.6 Å². The summed E-state index contributed by atoms with van der Waals surface area (Å²) < 4.78 is 0. The highest BCUT2D eigenvalue weighted by Gasteiger charge is 2.56. The van der Waals surface area contributed by atoms with Crippen LogP contribution in [0.4, 0.5) is 5.69 Å². The van der Waals surface area contributed by atoms with Crippen molar-refractivity contribution < 1.29 is 19.5 Å². The van der Waals surface area contributed by atoms with E-state index in [4.69, 9.17) is 5.11 Å². The van der Waals surface area contributed by atoms with Crippen molar-refractivity contribution in [2.24, 2.45) is 5.41 Å². The number of hydrogen-bond donors (Lipinski definition) is 3. The molecule has 0 unspecified atom stereocenters. The second-order valence-corrected chi connectivity index (χ2v) is 4.88. The normalized spacial score (nSPS) is 15.2. The second kappa shape index (κ2) is 5.32. The van der Waals surface area contributed by atoms with Crippen LogP contribution in [0.5, 0.6) is 0 Å². The largest absolute Gasteiger partial charge is 0.481 e. The summed E-state index contributed by atoms with van der Waals surface area (Å²) in [4.78, 5) is 34.3. The van der Waals surface area contributed by atoms with Gasteiger partial charge in [0.2, 0.25) is 11.8 Å². The molecule has 6 nitrogen and oxygen atoms in total. The Morgan fingerprint density at radius 1 is 1.15 bits per heavy atom. The number of nitrogens with one attached hydrogen (secondary N) is 2. The number of benzene rings is 1. The van der Waals surface area contributed by atoms with E-state index in [9.17, 15) is 14.4 Å². The zero-order valence-corrected chi connectivity index (χ0v) is 11.1. The Labute approximate surface area is 116 Å². The molecule has 1 aliphatic carbocycles. The Kier molecular flexibility index (Phi) is 3.74. The van der Waals surface area contributed by atoms with Gasteiger partial charge in [-0.3, -0.25) is 14.4 Å². The molecule has 0 atom stereocenters. The van der Waals surface area contributed by atoms with Crippen molar-refractivity contribution in [3.05, 3.63) is 29.8 Å². The number of carbonyl (C=O) groups excluding carboxylic acids is 2. The van der Waals surface area contributed by atoms with Gasteiger partial charge in [0.1, 0.15) is 5.41 Å². The molecule has 1 saturated carbocycles. The first-order chi connectivity index (χ1) is 9.48. The zero-order valence-electron chi connectivity index (χ0n) is 11.1. The minimum absolute atomic E-state index is 0.0591. The number of carbonyl (C=O) groups is 3. The summed E-state index contributed by atoms with van der Waals surface area (Å²) in [5, 5.41) is 13.9. The van der Waals surface area contributed by atoms with Crippen LogP contribution in [0.15, 0.2) is 24.3 Å². The zero-order chi connectivity index (χ0) is 14.8. The van der Waals surface area contributed by atoms with Gasteiger partial charge in [-0.05, 0) is 30.5 Å². The maximum absolute atomic E-state index is 12.1. The third kappa shape index (κ3) is 2.79. The fourth-order valence-corrected chi connectivity index (χ4v) is 2.05. The summed E-state index contributed by atoms with van der Waals surface area (Å²) in [7, 11) is 1.51. The van der Waals surface area contributed by atoms with E-state index in [1.807, 2.05) is 0 Å². The minimum atomic E-state index is -0.936. The molecule has 1 aromatic carbocycles. The molecule has 20 heavy (non-hydrogen) atoms. The fraction of sp³-hybridized carbons (Fsp3) is 0.357. The van der Waals surface area contributed by atoms with Crippen molar-refractivity contribution in [2.45, 2.75) is 19.3 Å². The molecule has 0 saturated heterocycles.